The molecule has 126 valence electrons. The van der Waals surface area contributed by atoms with Gasteiger partial charge in [0.2, 0.25) is 11.8 Å². The Morgan fingerprint density at radius 2 is 2.26 bits per heavy atom. The molecule has 0 saturated carbocycles. The molecule has 1 fully saturated rings. The summed E-state index contributed by atoms with van der Waals surface area (Å²) in [5, 5.41) is 8.86. The van der Waals surface area contributed by atoms with Crippen molar-refractivity contribution in [2.75, 3.05) is 30.1 Å². The second-order valence-corrected chi connectivity index (χ2v) is 6.29. The zero-order valence-corrected chi connectivity index (χ0v) is 14.3. The van der Waals surface area contributed by atoms with Crippen molar-refractivity contribution < 1.29 is 14.3 Å². The minimum absolute atomic E-state index is 0.0445. The molecule has 0 bridgehead atoms. The van der Waals surface area contributed by atoms with E-state index in [1.807, 2.05) is 25.1 Å². The molecule has 3 N–H and O–H groups in total. The summed E-state index contributed by atoms with van der Waals surface area (Å²) in [6.07, 6.45) is 0.699. The standard InChI is InChI=1S/C16H23N3O3S/c1-3-22-15-5-4-12(8-13(15)19-11(2)20)6-7-17-16(21)14-9-23-10-18-14/h4-5,8,14,18H,3,6-7,9-10H2,1-2H3,(H,17,21)(H,19,20). The number of hydrogen-bond donors (Lipinski definition) is 3. The Morgan fingerprint density at radius 1 is 1.43 bits per heavy atom. The maximum atomic E-state index is 11.9. The third kappa shape index (κ3) is 5.44. The first-order chi connectivity index (χ1) is 11.1. The molecule has 0 radical (unpaired) electrons. The van der Waals surface area contributed by atoms with Crippen molar-refractivity contribution in [3.8, 4) is 5.75 Å². The highest BCUT2D eigenvalue weighted by molar-refractivity contribution is 7.99. The number of benzene rings is 1. The van der Waals surface area contributed by atoms with Crippen molar-refractivity contribution in [1.82, 2.24) is 10.6 Å². The lowest BCUT2D eigenvalue weighted by molar-refractivity contribution is -0.122. The predicted octanol–water partition coefficient (Wildman–Crippen LogP) is 1.36. The van der Waals surface area contributed by atoms with Gasteiger partial charge in [-0.3, -0.25) is 14.9 Å². The smallest absolute Gasteiger partial charge is 0.238 e. The summed E-state index contributed by atoms with van der Waals surface area (Å²) in [4.78, 5) is 23.2. The first-order valence-corrected chi connectivity index (χ1v) is 8.87. The molecule has 0 spiro atoms. The number of thioether (sulfide) groups is 1. The van der Waals surface area contributed by atoms with Crippen LogP contribution in [0, 0.1) is 0 Å². The fourth-order valence-electron chi connectivity index (χ4n) is 2.32. The summed E-state index contributed by atoms with van der Waals surface area (Å²) in [7, 11) is 0. The van der Waals surface area contributed by atoms with Gasteiger partial charge in [0.1, 0.15) is 5.75 Å². The molecule has 1 heterocycles. The predicted molar refractivity (Wildman–Crippen MR) is 92.9 cm³/mol. The number of nitrogens with one attached hydrogen (secondary N) is 3. The lowest BCUT2D eigenvalue weighted by Crippen LogP contribution is -2.42. The van der Waals surface area contributed by atoms with Crippen LogP contribution in [-0.4, -0.2) is 42.6 Å². The van der Waals surface area contributed by atoms with Crippen molar-refractivity contribution >= 4 is 29.3 Å². The first-order valence-electron chi connectivity index (χ1n) is 7.72. The van der Waals surface area contributed by atoms with E-state index in [0.717, 1.165) is 17.2 Å². The van der Waals surface area contributed by atoms with E-state index in [2.05, 4.69) is 16.0 Å². The number of amides is 2. The van der Waals surface area contributed by atoms with Crippen LogP contribution in [0.1, 0.15) is 19.4 Å². The second kappa shape index (κ2) is 8.79. The lowest BCUT2D eigenvalue weighted by atomic mass is 10.1. The molecule has 0 aromatic heterocycles. The minimum atomic E-state index is -0.138. The molecule has 1 aliphatic rings. The number of rotatable bonds is 7. The SMILES string of the molecule is CCOc1ccc(CCNC(=O)C2CSCN2)cc1NC(C)=O. The van der Waals surface area contributed by atoms with E-state index in [9.17, 15) is 9.59 Å². The Kier molecular flexibility index (Phi) is 6.73. The summed E-state index contributed by atoms with van der Waals surface area (Å²) in [5.74, 6) is 2.21. The quantitative estimate of drug-likeness (QED) is 0.700. The normalized spacial score (nSPS) is 16.9. The molecule has 1 aliphatic heterocycles. The zero-order chi connectivity index (χ0) is 16.7. The molecule has 1 atom stereocenters. The van der Waals surface area contributed by atoms with Gasteiger partial charge in [0, 0.05) is 25.1 Å². The van der Waals surface area contributed by atoms with Gasteiger partial charge >= 0.3 is 0 Å². The van der Waals surface area contributed by atoms with Crippen molar-refractivity contribution in [2.24, 2.45) is 0 Å². The topological polar surface area (TPSA) is 79.5 Å². The summed E-state index contributed by atoms with van der Waals surface area (Å²) in [5.41, 5.74) is 1.70. The Balaban J connectivity index is 1.91. The van der Waals surface area contributed by atoms with E-state index >= 15 is 0 Å². The molecule has 1 unspecified atom stereocenters. The minimum Gasteiger partial charge on any atom is -0.492 e. The van der Waals surface area contributed by atoms with Crippen LogP contribution in [0.25, 0.3) is 0 Å². The van der Waals surface area contributed by atoms with Gasteiger partial charge in [-0.15, -0.1) is 11.8 Å². The number of carbonyl (C=O) groups is 2. The highest BCUT2D eigenvalue weighted by Crippen LogP contribution is 2.26. The third-order valence-electron chi connectivity index (χ3n) is 3.40. The van der Waals surface area contributed by atoms with E-state index in [4.69, 9.17) is 4.74 Å². The van der Waals surface area contributed by atoms with Gasteiger partial charge in [0.25, 0.3) is 0 Å². The van der Waals surface area contributed by atoms with Gasteiger partial charge in [0.15, 0.2) is 0 Å². The van der Waals surface area contributed by atoms with Crippen molar-refractivity contribution in [2.45, 2.75) is 26.3 Å². The number of carbonyl (C=O) groups excluding carboxylic acids is 2. The molecule has 7 heteroatoms. The van der Waals surface area contributed by atoms with E-state index in [1.54, 1.807) is 11.8 Å². The number of ether oxygens (including phenoxy) is 1. The fourth-order valence-corrected chi connectivity index (χ4v) is 3.26. The van der Waals surface area contributed by atoms with Gasteiger partial charge in [0.05, 0.1) is 18.3 Å². The second-order valence-electron chi connectivity index (χ2n) is 5.26. The Labute approximate surface area is 140 Å². The Bertz CT molecular complexity index is 560. The van der Waals surface area contributed by atoms with E-state index in [1.165, 1.54) is 6.92 Å². The summed E-state index contributed by atoms with van der Waals surface area (Å²) in [6.45, 7) is 4.47. The maximum Gasteiger partial charge on any atom is 0.238 e. The van der Waals surface area contributed by atoms with Crippen LogP contribution >= 0.6 is 11.8 Å². The molecule has 6 nitrogen and oxygen atoms in total. The molecule has 0 aliphatic carbocycles. The summed E-state index contributed by atoms with van der Waals surface area (Å²) in [6, 6.07) is 5.60. The highest BCUT2D eigenvalue weighted by Gasteiger charge is 2.21. The van der Waals surface area contributed by atoms with Crippen molar-refractivity contribution in [3.63, 3.8) is 0 Å². The van der Waals surface area contributed by atoms with Crippen LogP contribution in [-0.2, 0) is 16.0 Å². The molecule has 2 amide bonds. The van der Waals surface area contributed by atoms with Crippen LogP contribution in [0.2, 0.25) is 0 Å². The molecule has 1 saturated heterocycles. The van der Waals surface area contributed by atoms with Crippen LogP contribution < -0.4 is 20.7 Å². The molecular formula is C16H23N3O3S. The monoisotopic (exact) mass is 337 g/mol. The molecule has 23 heavy (non-hydrogen) atoms. The Morgan fingerprint density at radius 3 is 2.91 bits per heavy atom. The molecular weight excluding hydrogens is 314 g/mol. The maximum absolute atomic E-state index is 11.9. The number of anilines is 1. The zero-order valence-electron chi connectivity index (χ0n) is 13.5. The van der Waals surface area contributed by atoms with Gasteiger partial charge in [-0.25, -0.2) is 0 Å². The third-order valence-corrected chi connectivity index (χ3v) is 4.34. The van der Waals surface area contributed by atoms with Gasteiger partial charge in [-0.2, -0.15) is 0 Å². The summed E-state index contributed by atoms with van der Waals surface area (Å²) >= 11 is 1.73. The van der Waals surface area contributed by atoms with Crippen molar-refractivity contribution in [1.29, 1.82) is 0 Å². The van der Waals surface area contributed by atoms with Gasteiger partial charge in [-0.05, 0) is 31.0 Å². The fraction of sp³-hybridized carbons (Fsp3) is 0.500. The van der Waals surface area contributed by atoms with Crippen molar-refractivity contribution in [3.05, 3.63) is 23.8 Å². The average Bonchev–Trinajstić information content (AvgIpc) is 3.03. The summed E-state index contributed by atoms with van der Waals surface area (Å²) < 4.78 is 5.51. The largest absolute Gasteiger partial charge is 0.492 e. The Hall–Kier alpha value is -1.73. The van der Waals surface area contributed by atoms with E-state index < -0.39 is 0 Å². The lowest BCUT2D eigenvalue weighted by Gasteiger charge is -2.13. The van der Waals surface area contributed by atoms with Crippen LogP contribution in [0.15, 0.2) is 18.2 Å². The van der Waals surface area contributed by atoms with Crippen LogP contribution in [0.4, 0.5) is 5.69 Å². The molecule has 1 aromatic carbocycles. The number of hydrogen-bond acceptors (Lipinski definition) is 5. The first kappa shape index (κ1) is 17.6. The van der Waals surface area contributed by atoms with Gasteiger partial charge in [-0.1, -0.05) is 6.07 Å². The molecule has 1 aromatic rings. The van der Waals surface area contributed by atoms with E-state index in [-0.39, 0.29) is 17.9 Å². The molecule has 2 rings (SSSR count). The van der Waals surface area contributed by atoms with Crippen LogP contribution in [0.5, 0.6) is 5.75 Å². The van der Waals surface area contributed by atoms with Crippen LogP contribution in [0.3, 0.4) is 0 Å². The highest BCUT2D eigenvalue weighted by atomic mass is 32.2. The average molecular weight is 337 g/mol. The van der Waals surface area contributed by atoms with Gasteiger partial charge < -0.3 is 15.4 Å². The van der Waals surface area contributed by atoms with E-state index in [0.29, 0.717) is 31.0 Å².